The van der Waals surface area contributed by atoms with Crippen LogP contribution in [0.15, 0.2) is 24.3 Å². The van der Waals surface area contributed by atoms with Crippen LogP contribution in [0.2, 0.25) is 0 Å². The average molecular weight is 360 g/mol. The molecule has 0 saturated heterocycles. The lowest BCUT2D eigenvalue weighted by Gasteiger charge is -2.56. The molecule has 4 aliphatic rings. The number of hydrogen-bond donors (Lipinski definition) is 2. The van der Waals surface area contributed by atoms with Gasteiger partial charge in [-0.1, -0.05) is 6.07 Å². The van der Waals surface area contributed by atoms with E-state index in [0.717, 1.165) is 37.0 Å². The molecule has 26 heavy (non-hydrogen) atoms. The van der Waals surface area contributed by atoms with E-state index in [9.17, 15) is 14.0 Å². The fourth-order valence-corrected chi connectivity index (χ4v) is 5.77. The molecule has 0 atom stereocenters. The Morgan fingerprint density at radius 3 is 2.27 bits per heavy atom. The van der Waals surface area contributed by atoms with Crippen molar-refractivity contribution in [1.82, 2.24) is 10.9 Å². The zero-order valence-electron chi connectivity index (χ0n) is 14.8. The van der Waals surface area contributed by atoms with Crippen LogP contribution in [-0.2, 0) is 9.59 Å². The molecule has 4 saturated carbocycles. The van der Waals surface area contributed by atoms with Gasteiger partial charge in [0.1, 0.15) is 11.6 Å². The molecule has 4 bridgehead atoms. The van der Waals surface area contributed by atoms with Crippen molar-refractivity contribution in [3.8, 4) is 5.75 Å². The normalized spacial score (nSPS) is 31.5. The molecule has 6 heteroatoms. The Morgan fingerprint density at radius 1 is 1.04 bits per heavy atom. The summed E-state index contributed by atoms with van der Waals surface area (Å²) in [5.41, 5.74) is 5.05. The predicted molar refractivity (Wildman–Crippen MR) is 93.4 cm³/mol. The molecule has 4 fully saturated rings. The maximum atomic E-state index is 13.1. The zero-order chi connectivity index (χ0) is 18.1. The highest BCUT2D eigenvalue weighted by molar-refractivity contribution is 5.83. The quantitative estimate of drug-likeness (QED) is 0.794. The van der Waals surface area contributed by atoms with Crippen molar-refractivity contribution < 1.29 is 18.7 Å². The maximum absolute atomic E-state index is 13.1. The Balaban J connectivity index is 1.22. The van der Waals surface area contributed by atoms with Crippen LogP contribution < -0.4 is 15.6 Å². The van der Waals surface area contributed by atoms with Crippen molar-refractivity contribution in [3.05, 3.63) is 30.1 Å². The predicted octanol–water partition coefficient (Wildman–Crippen LogP) is 2.96. The zero-order valence-corrected chi connectivity index (χ0v) is 14.8. The van der Waals surface area contributed by atoms with E-state index < -0.39 is 11.7 Å². The summed E-state index contributed by atoms with van der Waals surface area (Å²) in [4.78, 5) is 24.2. The van der Waals surface area contributed by atoms with Crippen LogP contribution in [-0.4, -0.2) is 18.4 Å². The molecule has 2 amide bonds. The van der Waals surface area contributed by atoms with E-state index >= 15 is 0 Å². The summed E-state index contributed by atoms with van der Waals surface area (Å²) in [5.74, 6) is 1.64. The Labute approximate surface area is 152 Å². The van der Waals surface area contributed by atoms with Crippen LogP contribution in [0.5, 0.6) is 5.75 Å². The Bertz CT molecular complexity index is 671. The molecule has 0 aliphatic heterocycles. The molecule has 0 unspecified atom stereocenters. The van der Waals surface area contributed by atoms with Crippen LogP contribution in [0.1, 0.15) is 44.9 Å². The van der Waals surface area contributed by atoms with Gasteiger partial charge in [-0.25, -0.2) is 4.39 Å². The van der Waals surface area contributed by atoms with E-state index in [1.807, 2.05) is 0 Å². The molecule has 5 rings (SSSR count). The van der Waals surface area contributed by atoms with E-state index in [1.54, 1.807) is 6.07 Å². The minimum atomic E-state index is -0.465. The van der Waals surface area contributed by atoms with Gasteiger partial charge < -0.3 is 4.74 Å². The molecule has 0 heterocycles. The molecule has 0 spiro atoms. The molecule has 1 aromatic rings. The highest BCUT2D eigenvalue weighted by Crippen LogP contribution is 2.61. The van der Waals surface area contributed by atoms with Crippen LogP contribution in [0.4, 0.5) is 4.39 Å². The van der Waals surface area contributed by atoms with Crippen molar-refractivity contribution in [3.63, 3.8) is 0 Å². The van der Waals surface area contributed by atoms with Gasteiger partial charge in [0.15, 0.2) is 6.61 Å². The first-order valence-corrected chi connectivity index (χ1v) is 9.46. The Kier molecular flexibility index (Phi) is 4.59. The maximum Gasteiger partial charge on any atom is 0.276 e. The molecule has 2 N–H and O–H groups in total. The fraction of sp³-hybridized carbons (Fsp3) is 0.600. The summed E-state index contributed by atoms with van der Waals surface area (Å²) in [6, 6.07) is 5.59. The van der Waals surface area contributed by atoms with E-state index in [0.29, 0.717) is 6.42 Å². The van der Waals surface area contributed by atoms with Crippen LogP contribution in [0, 0.1) is 29.0 Å². The number of benzene rings is 1. The first-order valence-electron chi connectivity index (χ1n) is 9.46. The highest BCUT2D eigenvalue weighted by atomic mass is 19.1. The van der Waals surface area contributed by atoms with Gasteiger partial charge in [-0.15, -0.1) is 0 Å². The van der Waals surface area contributed by atoms with Crippen LogP contribution in [0.3, 0.4) is 0 Å². The van der Waals surface area contributed by atoms with Crippen molar-refractivity contribution in [1.29, 1.82) is 0 Å². The number of ether oxygens (including phenoxy) is 1. The third-order valence-electron chi connectivity index (χ3n) is 6.21. The number of amides is 2. The monoisotopic (exact) mass is 360 g/mol. The van der Waals surface area contributed by atoms with Crippen molar-refractivity contribution in [2.45, 2.75) is 44.9 Å². The first-order chi connectivity index (χ1) is 12.5. The smallest absolute Gasteiger partial charge is 0.276 e. The second-order valence-corrected chi connectivity index (χ2v) is 8.44. The van der Waals surface area contributed by atoms with Crippen molar-refractivity contribution in [2.75, 3.05) is 6.61 Å². The number of hydrogen-bond acceptors (Lipinski definition) is 3. The summed E-state index contributed by atoms with van der Waals surface area (Å²) in [7, 11) is 0. The molecular weight excluding hydrogens is 335 g/mol. The third-order valence-corrected chi connectivity index (χ3v) is 6.21. The lowest BCUT2D eigenvalue weighted by molar-refractivity contribution is -0.134. The van der Waals surface area contributed by atoms with Gasteiger partial charge >= 0.3 is 0 Å². The Hall–Kier alpha value is -2.11. The molecule has 5 nitrogen and oxygen atoms in total. The number of nitrogens with one attached hydrogen (secondary N) is 2. The molecule has 140 valence electrons. The fourth-order valence-electron chi connectivity index (χ4n) is 5.77. The van der Waals surface area contributed by atoms with Gasteiger partial charge in [0.2, 0.25) is 5.91 Å². The van der Waals surface area contributed by atoms with Gasteiger partial charge in [-0.2, -0.15) is 0 Å². The largest absolute Gasteiger partial charge is 0.484 e. The van der Waals surface area contributed by atoms with E-state index in [2.05, 4.69) is 10.9 Å². The molecule has 0 radical (unpaired) electrons. The van der Waals surface area contributed by atoms with Gasteiger partial charge in [0, 0.05) is 12.5 Å². The summed E-state index contributed by atoms with van der Waals surface area (Å²) >= 11 is 0. The first kappa shape index (κ1) is 17.3. The standard InChI is InChI=1S/C20H25FN2O3/c21-16-2-1-3-17(7-16)26-12-19(25)23-22-18(24)11-20-8-13-4-14(9-20)6-15(5-13)10-20/h1-3,7,13-15H,4-6,8-12H2,(H,22,24)(H,23,25). The van der Waals surface area contributed by atoms with E-state index in [1.165, 1.54) is 37.5 Å². The summed E-state index contributed by atoms with van der Waals surface area (Å²) in [5, 5.41) is 0. The van der Waals surface area contributed by atoms with Crippen LogP contribution >= 0.6 is 0 Å². The second-order valence-electron chi connectivity index (χ2n) is 8.44. The summed E-state index contributed by atoms with van der Waals surface area (Å²) < 4.78 is 18.3. The SMILES string of the molecule is O=C(COc1cccc(F)c1)NNC(=O)CC12CC3CC(CC(C3)C1)C2. The van der Waals surface area contributed by atoms with Gasteiger partial charge in [0.25, 0.3) is 5.91 Å². The van der Waals surface area contributed by atoms with Crippen LogP contribution in [0.25, 0.3) is 0 Å². The number of halogens is 1. The number of rotatable bonds is 5. The van der Waals surface area contributed by atoms with E-state index in [-0.39, 0.29) is 23.7 Å². The lowest BCUT2D eigenvalue weighted by Crippen LogP contribution is -2.50. The topological polar surface area (TPSA) is 67.4 Å². The third kappa shape index (κ3) is 3.84. The number of carbonyl (C=O) groups excluding carboxylic acids is 2. The average Bonchev–Trinajstić information content (AvgIpc) is 2.56. The summed E-state index contributed by atoms with van der Waals surface area (Å²) in [6.45, 7) is -0.277. The summed E-state index contributed by atoms with van der Waals surface area (Å²) in [6.07, 6.45) is 7.98. The molecule has 4 aliphatic carbocycles. The number of hydrazine groups is 1. The highest BCUT2D eigenvalue weighted by Gasteiger charge is 2.51. The Morgan fingerprint density at radius 2 is 1.65 bits per heavy atom. The molecule has 0 aromatic heterocycles. The van der Waals surface area contributed by atoms with Crippen molar-refractivity contribution in [2.24, 2.45) is 23.2 Å². The van der Waals surface area contributed by atoms with Gasteiger partial charge in [-0.05, 0) is 73.8 Å². The van der Waals surface area contributed by atoms with Gasteiger partial charge in [-0.3, -0.25) is 20.4 Å². The minimum Gasteiger partial charge on any atom is -0.484 e. The van der Waals surface area contributed by atoms with Gasteiger partial charge in [0.05, 0.1) is 0 Å². The minimum absolute atomic E-state index is 0.133. The van der Waals surface area contributed by atoms with E-state index in [4.69, 9.17) is 4.74 Å². The second kappa shape index (κ2) is 6.89. The molecular formula is C20H25FN2O3. The molecule has 1 aromatic carbocycles. The number of carbonyl (C=O) groups is 2. The van der Waals surface area contributed by atoms with Crippen molar-refractivity contribution >= 4 is 11.8 Å². The lowest BCUT2D eigenvalue weighted by atomic mass is 9.49.